The van der Waals surface area contributed by atoms with Gasteiger partial charge in [0.2, 0.25) is 0 Å². The summed E-state index contributed by atoms with van der Waals surface area (Å²) in [7, 11) is -2.95. The lowest BCUT2D eigenvalue weighted by Gasteiger charge is -2.25. The molecule has 4 nitrogen and oxygen atoms in total. The van der Waals surface area contributed by atoms with Crippen LogP contribution in [0.5, 0.6) is 0 Å². The van der Waals surface area contributed by atoms with E-state index in [9.17, 15) is 8.42 Å². The van der Waals surface area contributed by atoms with E-state index in [1.54, 1.807) is 11.8 Å². The normalized spacial score (nSPS) is 24.0. The highest BCUT2D eigenvalue weighted by atomic mass is 35.5. The third kappa shape index (κ3) is 3.57. The van der Waals surface area contributed by atoms with Gasteiger partial charge in [-0.1, -0.05) is 59.8 Å². The number of para-hydroxylation sites is 1. The van der Waals surface area contributed by atoms with Gasteiger partial charge in [0.1, 0.15) is 0 Å². The molecule has 0 saturated carbocycles. The molecular formula is C18H17ClN2O2S2. The molecule has 2 atom stereocenters. The quantitative estimate of drug-likeness (QED) is 0.800. The van der Waals surface area contributed by atoms with Crippen molar-refractivity contribution in [1.29, 1.82) is 0 Å². The van der Waals surface area contributed by atoms with Crippen LogP contribution in [0.25, 0.3) is 0 Å². The molecule has 1 saturated heterocycles. The average molecular weight is 393 g/mol. The molecule has 25 heavy (non-hydrogen) atoms. The molecule has 2 aliphatic heterocycles. The van der Waals surface area contributed by atoms with Crippen molar-refractivity contribution in [2.75, 3.05) is 16.4 Å². The van der Waals surface area contributed by atoms with Gasteiger partial charge < -0.3 is 4.90 Å². The van der Waals surface area contributed by atoms with Gasteiger partial charge in [0, 0.05) is 16.0 Å². The van der Waals surface area contributed by atoms with Crippen LogP contribution in [0.1, 0.15) is 5.56 Å². The lowest BCUT2D eigenvalue weighted by Crippen LogP contribution is -2.28. The summed E-state index contributed by atoms with van der Waals surface area (Å²) in [6.07, 6.45) is 0. The summed E-state index contributed by atoms with van der Waals surface area (Å²) >= 11 is 7.91. The Kier molecular flexibility index (Phi) is 4.52. The summed E-state index contributed by atoms with van der Waals surface area (Å²) in [6, 6.07) is 17.6. The van der Waals surface area contributed by atoms with Crippen LogP contribution in [0.3, 0.4) is 0 Å². The van der Waals surface area contributed by atoms with Gasteiger partial charge in [-0.3, -0.25) is 4.99 Å². The number of hydrogen-bond acceptors (Lipinski definition) is 5. The molecule has 130 valence electrons. The first-order valence-electron chi connectivity index (χ1n) is 8.03. The fraction of sp³-hybridized carbons (Fsp3) is 0.278. The summed E-state index contributed by atoms with van der Waals surface area (Å²) in [5, 5.41) is 1.61. The maximum Gasteiger partial charge on any atom is 0.164 e. The van der Waals surface area contributed by atoms with Gasteiger partial charge >= 0.3 is 0 Å². The first kappa shape index (κ1) is 16.9. The lowest BCUT2D eigenvalue weighted by atomic mass is 10.2. The number of aliphatic imine (C=N–C) groups is 1. The summed E-state index contributed by atoms with van der Waals surface area (Å²) in [5.74, 6) is 0.368. The molecule has 0 aromatic heterocycles. The van der Waals surface area contributed by atoms with Crippen molar-refractivity contribution in [3.63, 3.8) is 0 Å². The van der Waals surface area contributed by atoms with Crippen molar-refractivity contribution in [2.24, 2.45) is 4.99 Å². The minimum atomic E-state index is -2.95. The van der Waals surface area contributed by atoms with E-state index in [-0.39, 0.29) is 22.8 Å². The van der Waals surface area contributed by atoms with Crippen LogP contribution >= 0.6 is 23.4 Å². The first-order valence-corrected chi connectivity index (χ1v) is 11.1. The molecule has 0 radical (unpaired) electrons. The van der Waals surface area contributed by atoms with Crippen LogP contribution in [-0.2, 0) is 16.4 Å². The topological polar surface area (TPSA) is 49.7 Å². The van der Waals surface area contributed by atoms with E-state index in [2.05, 4.69) is 4.90 Å². The highest BCUT2D eigenvalue weighted by molar-refractivity contribution is 8.15. The van der Waals surface area contributed by atoms with Crippen molar-refractivity contribution in [1.82, 2.24) is 0 Å². The second-order valence-corrected chi connectivity index (χ2v) is 9.99. The third-order valence-electron chi connectivity index (χ3n) is 4.39. The lowest BCUT2D eigenvalue weighted by molar-refractivity contribution is 0.601. The Labute approximate surface area is 156 Å². The van der Waals surface area contributed by atoms with Crippen molar-refractivity contribution in [2.45, 2.75) is 17.8 Å². The Morgan fingerprint density at radius 3 is 2.52 bits per heavy atom. The Morgan fingerprint density at radius 2 is 1.80 bits per heavy atom. The molecule has 2 aromatic carbocycles. The molecule has 2 aromatic rings. The summed E-state index contributed by atoms with van der Waals surface area (Å²) in [4.78, 5) is 6.85. The Balaban J connectivity index is 1.67. The van der Waals surface area contributed by atoms with Gasteiger partial charge in [-0.15, -0.1) is 0 Å². The molecule has 0 amide bonds. The molecule has 0 N–H and O–H groups in total. The summed E-state index contributed by atoms with van der Waals surface area (Å²) < 4.78 is 23.6. The smallest absolute Gasteiger partial charge is 0.164 e. The van der Waals surface area contributed by atoms with Gasteiger partial charge in [0.05, 0.1) is 24.1 Å². The standard InChI is InChI=1S/C18H17ClN2O2S2/c19-15-9-5-4-6-13(15)10-21(14-7-2-1-3-8-14)18-20-16-11-25(22,23)12-17(16)24-18/h1-9,16-17H,10-12H2/t16-,17+/m1/s1. The zero-order valence-electron chi connectivity index (χ0n) is 13.4. The maximum absolute atomic E-state index is 11.8. The molecule has 0 bridgehead atoms. The Bertz CT molecular complexity index is 916. The average Bonchev–Trinajstić information content (AvgIpc) is 3.08. The first-order chi connectivity index (χ1) is 12.0. The minimum absolute atomic E-state index is 0.0254. The van der Waals surface area contributed by atoms with Crippen LogP contribution in [0.2, 0.25) is 5.02 Å². The number of rotatable bonds is 3. The van der Waals surface area contributed by atoms with Gasteiger partial charge in [-0.05, 0) is 23.8 Å². The van der Waals surface area contributed by atoms with Gasteiger partial charge in [0.25, 0.3) is 0 Å². The molecule has 0 unspecified atom stereocenters. The van der Waals surface area contributed by atoms with Crippen LogP contribution in [0.4, 0.5) is 5.69 Å². The molecule has 2 heterocycles. The molecular weight excluding hydrogens is 376 g/mol. The fourth-order valence-corrected chi connectivity index (χ4v) is 7.12. The third-order valence-corrected chi connectivity index (χ3v) is 8.01. The number of sulfone groups is 1. The molecule has 4 rings (SSSR count). The monoisotopic (exact) mass is 392 g/mol. The number of halogens is 1. The molecule has 2 aliphatic rings. The number of thioether (sulfide) groups is 1. The highest BCUT2D eigenvalue weighted by Gasteiger charge is 2.44. The Hall–Kier alpha value is -1.50. The number of anilines is 1. The van der Waals surface area contributed by atoms with Gasteiger partial charge in [-0.25, -0.2) is 8.42 Å². The van der Waals surface area contributed by atoms with E-state index in [4.69, 9.17) is 16.6 Å². The van der Waals surface area contributed by atoms with E-state index in [0.29, 0.717) is 6.54 Å². The molecule has 0 spiro atoms. The minimum Gasteiger partial charge on any atom is -0.317 e. The zero-order chi connectivity index (χ0) is 17.4. The van der Waals surface area contributed by atoms with E-state index >= 15 is 0 Å². The predicted molar refractivity (Wildman–Crippen MR) is 105 cm³/mol. The van der Waals surface area contributed by atoms with Crippen molar-refractivity contribution in [3.8, 4) is 0 Å². The van der Waals surface area contributed by atoms with E-state index in [1.807, 2.05) is 54.6 Å². The van der Waals surface area contributed by atoms with E-state index in [1.165, 1.54) is 0 Å². The van der Waals surface area contributed by atoms with Crippen molar-refractivity contribution in [3.05, 3.63) is 65.2 Å². The van der Waals surface area contributed by atoms with Crippen LogP contribution in [0.15, 0.2) is 59.6 Å². The zero-order valence-corrected chi connectivity index (χ0v) is 15.8. The highest BCUT2D eigenvalue weighted by Crippen LogP contribution is 2.37. The van der Waals surface area contributed by atoms with Gasteiger partial charge in [-0.2, -0.15) is 0 Å². The second-order valence-electron chi connectivity index (χ2n) is 6.23. The van der Waals surface area contributed by atoms with Crippen molar-refractivity contribution < 1.29 is 8.42 Å². The Morgan fingerprint density at radius 1 is 1.08 bits per heavy atom. The van der Waals surface area contributed by atoms with Crippen LogP contribution in [0, 0.1) is 0 Å². The fourth-order valence-electron chi connectivity index (χ4n) is 3.15. The van der Waals surface area contributed by atoms with E-state index < -0.39 is 9.84 Å². The molecule has 0 aliphatic carbocycles. The maximum atomic E-state index is 11.8. The number of benzene rings is 2. The molecule has 1 fully saturated rings. The summed E-state index contributed by atoms with van der Waals surface area (Å²) in [5.41, 5.74) is 2.04. The number of amidine groups is 1. The SMILES string of the molecule is O=S1(=O)C[C@@H]2SC(N(Cc3ccccc3Cl)c3ccccc3)=N[C@@H]2C1. The number of fused-ring (bicyclic) bond motifs is 1. The second kappa shape index (κ2) is 6.67. The van der Waals surface area contributed by atoms with Crippen LogP contribution < -0.4 is 4.90 Å². The number of hydrogen-bond donors (Lipinski definition) is 0. The predicted octanol–water partition coefficient (Wildman–Crippen LogP) is 3.62. The largest absolute Gasteiger partial charge is 0.317 e. The van der Waals surface area contributed by atoms with Crippen LogP contribution in [-0.4, -0.2) is 36.4 Å². The van der Waals surface area contributed by atoms with Gasteiger partial charge in [0.15, 0.2) is 15.0 Å². The number of nitrogens with zero attached hydrogens (tertiary/aromatic N) is 2. The molecule has 7 heteroatoms. The van der Waals surface area contributed by atoms with E-state index in [0.717, 1.165) is 21.4 Å². The summed E-state index contributed by atoms with van der Waals surface area (Å²) in [6.45, 7) is 0.599. The van der Waals surface area contributed by atoms with Crippen molar-refractivity contribution >= 4 is 44.1 Å².